The Hall–Kier alpha value is -2.44. The molecule has 2 aliphatic heterocycles. The third-order valence-corrected chi connectivity index (χ3v) is 6.86. The number of piperidine rings is 2. The predicted octanol–water partition coefficient (Wildman–Crippen LogP) is 5.30. The van der Waals surface area contributed by atoms with Crippen molar-refractivity contribution in [1.82, 2.24) is 10.2 Å². The van der Waals surface area contributed by atoms with Gasteiger partial charge in [0.2, 0.25) is 0 Å². The highest BCUT2D eigenvalue weighted by Gasteiger charge is 2.40. The fraction of sp³-hybridized carbons (Fsp3) is 0.462. The van der Waals surface area contributed by atoms with E-state index in [2.05, 4.69) is 15.5 Å². The molecule has 2 amide bonds. The van der Waals surface area contributed by atoms with E-state index in [0.29, 0.717) is 29.8 Å². The molecule has 0 radical (unpaired) electrons. The monoisotopic (exact) mass is 473 g/mol. The number of carbonyl (C=O) groups excluding carboxylic acids is 2. The van der Waals surface area contributed by atoms with Gasteiger partial charge >= 0.3 is 6.03 Å². The first-order chi connectivity index (χ1) is 15.5. The van der Waals surface area contributed by atoms with Crippen LogP contribution in [0.25, 0.3) is 0 Å². The summed E-state index contributed by atoms with van der Waals surface area (Å²) in [5, 5.41) is 5.72. The Morgan fingerprint density at radius 3 is 2.64 bits per heavy atom. The molecule has 5 nitrogen and oxygen atoms in total. The summed E-state index contributed by atoms with van der Waals surface area (Å²) in [7, 11) is 0. The van der Waals surface area contributed by atoms with Gasteiger partial charge in [-0.2, -0.15) is 0 Å². The first kappa shape index (κ1) is 25.2. The van der Waals surface area contributed by atoms with Crippen molar-refractivity contribution in [3.8, 4) is 0 Å². The summed E-state index contributed by atoms with van der Waals surface area (Å²) in [6.07, 6.45) is 5.71. The molecule has 1 aliphatic carbocycles. The third-order valence-electron chi connectivity index (χ3n) is 6.86. The number of hydrogen-bond donors (Lipinski definition) is 2. The number of nitrogens with zero attached hydrogens (tertiary/aromatic N) is 1. The van der Waals surface area contributed by atoms with E-state index in [1.165, 1.54) is 31.7 Å². The maximum absolute atomic E-state index is 13.2. The van der Waals surface area contributed by atoms with Gasteiger partial charge in [-0.1, -0.05) is 24.3 Å². The summed E-state index contributed by atoms with van der Waals surface area (Å²) >= 11 is 0. The highest BCUT2D eigenvalue weighted by atomic mass is 35.5. The Labute approximate surface area is 201 Å². The van der Waals surface area contributed by atoms with Gasteiger partial charge in [0.1, 0.15) is 5.82 Å². The second kappa shape index (κ2) is 11.6. The summed E-state index contributed by atoms with van der Waals surface area (Å²) in [6, 6.07) is 14.2. The van der Waals surface area contributed by atoms with Crippen LogP contribution in [-0.4, -0.2) is 42.4 Å². The normalized spacial score (nSPS) is 21.8. The zero-order valence-electron chi connectivity index (χ0n) is 19.1. The lowest BCUT2D eigenvalue weighted by molar-refractivity contribution is 0.000976. The molecule has 33 heavy (non-hydrogen) atoms. The highest BCUT2D eigenvalue weighted by molar-refractivity contribution is 5.96. The summed E-state index contributed by atoms with van der Waals surface area (Å²) in [5.41, 5.74) is 2.42. The standard InChI is InChI=1S/C26H32FN3O2.ClH/c1-18(31)21-4-2-5-24(16-21)29-26(32)28-12-3-13-30-17-20-8-11-25(30)22(15-20)14-19-6-9-23(27)10-7-19;/h2,4-7,9-10,16,20,22,25H,3,8,11-15,17H2,1H3,(H2,28,29,32);1H/t20-,22+,25-;/m0./s1. The Balaban J connectivity index is 0.00000306. The van der Waals surface area contributed by atoms with E-state index in [0.717, 1.165) is 31.8 Å². The lowest BCUT2D eigenvalue weighted by Crippen LogP contribution is -2.54. The lowest BCUT2D eigenvalue weighted by Gasteiger charge is -2.50. The number of ketones is 1. The van der Waals surface area contributed by atoms with Crippen molar-refractivity contribution < 1.29 is 14.0 Å². The summed E-state index contributed by atoms with van der Waals surface area (Å²) in [5.74, 6) is 1.17. The van der Waals surface area contributed by atoms with Crippen LogP contribution in [0.3, 0.4) is 0 Å². The van der Waals surface area contributed by atoms with Crippen LogP contribution in [0.1, 0.15) is 48.5 Å². The average Bonchev–Trinajstić information content (AvgIpc) is 2.79. The second-order valence-electron chi connectivity index (χ2n) is 9.20. The Kier molecular flexibility index (Phi) is 8.87. The number of carbonyl (C=O) groups is 2. The van der Waals surface area contributed by atoms with Gasteiger partial charge in [-0.05, 0) is 80.7 Å². The van der Waals surface area contributed by atoms with E-state index in [9.17, 15) is 14.0 Å². The summed E-state index contributed by atoms with van der Waals surface area (Å²) < 4.78 is 13.2. The van der Waals surface area contributed by atoms with Crippen LogP contribution in [0, 0.1) is 17.7 Å². The van der Waals surface area contributed by atoms with Crippen molar-refractivity contribution in [1.29, 1.82) is 0 Å². The minimum Gasteiger partial charge on any atom is -0.338 e. The van der Waals surface area contributed by atoms with E-state index < -0.39 is 0 Å². The topological polar surface area (TPSA) is 61.4 Å². The van der Waals surface area contributed by atoms with Crippen molar-refractivity contribution in [2.45, 2.75) is 45.1 Å². The number of rotatable bonds is 8. The van der Waals surface area contributed by atoms with Gasteiger partial charge < -0.3 is 10.6 Å². The van der Waals surface area contributed by atoms with Crippen molar-refractivity contribution in [2.24, 2.45) is 11.8 Å². The Morgan fingerprint density at radius 2 is 1.91 bits per heavy atom. The zero-order chi connectivity index (χ0) is 22.5. The predicted molar refractivity (Wildman–Crippen MR) is 132 cm³/mol. The number of urea groups is 1. The molecule has 0 aromatic heterocycles. The minimum absolute atomic E-state index is 0. The number of Topliss-reactive ketones (excluding diaryl/α,β-unsaturated/α-hetero) is 1. The fourth-order valence-corrected chi connectivity index (χ4v) is 5.33. The quantitative estimate of drug-likeness (QED) is 0.403. The minimum atomic E-state index is -0.250. The van der Waals surface area contributed by atoms with Crippen LogP contribution in [0.2, 0.25) is 0 Å². The number of amides is 2. The molecule has 3 atom stereocenters. The number of halogens is 2. The van der Waals surface area contributed by atoms with E-state index in [1.54, 1.807) is 36.4 Å². The van der Waals surface area contributed by atoms with E-state index in [4.69, 9.17) is 0 Å². The van der Waals surface area contributed by atoms with Gasteiger partial charge in [-0.3, -0.25) is 9.69 Å². The van der Waals surface area contributed by atoms with Crippen molar-refractivity contribution in [3.63, 3.8) is 0 Å². The first-order valence-corrected chi connectivity index (χ1v) is 11.6. The first-order valence-electron chi connectivity index (χ1n) is 11.6. The van der Waals surface area contributed by atoms with Crippen LogP contribution in [0.4, 0.5) is 14.9 Å². The van der Waals surface area contributed by atoms with Gasteiger partial charge in [-0.25, -0.2) is 9.18 Å². The maximum Gasteiger partial charge on any atom is 0.319 e. The molecule has 3 fully saturated rings. The van der Waals surface area contributed by atoms with Crippen LogP contribution in [-0.2, 0) is 6.42 Å². The highest BCUT2D eigenvalue weighted by Crippen LogP contribution is 2.40. The van der Waals surface area contributed by atoms with Gasteiger partial charge in [0.15, 0.2) is 5.78 Å². The molecule has 2 saturated heterocycles. The number of hydrogen-bond acceptors (Lipinski definition) is 3. The molecule has 2 bridgehead atoms. The Bertz CT molecular complexity index is 953. The Morgan fingerprint density at radius 1 is 1.12 bits per heavy atom. The smallest absolute Gasteiger partial charge is 0.319 e. The zero-order valence-corrected chi connectivity index (χ0v) is 19.9. The number of nitrogens with one attached hydrogen (secondary N) is 2. The third kappa shape index (κ3) is 6.78. The molecule has 2 heterocycles. The molecule has 0 unspecified atom stereocenters. The molecule has 7 heteroatoms. The van der Waals surface area contributed by atoms with Gasteiger partial charge in [0.25, 0.3) is 0 Å². The van der Waals surface area contributed by atoms with E-state index >= 15 is 0 Å². The molecule has 5 rings (SSSR count). The number of anilines is 1. The second-order valence-corrected chi connectivity index (χ2v) is 9.20. The number of fused-ring (bicyclic) bond motifs is 3. The molecule has 2 aromatic rings. The van der Waals surface area contributed by atoms with Crippen LogP contribution < -0.4 is 10.6 Å². The molecule has 3 aliphatic rings. The van der Waals surface area contributed by atoms with Gasteiger partial charge in [0, 0.05) is 36.9 Å². The van der Waals surface area contributed by atoms with Gasteiger partial charge in [-0.15, -0.1) is 12.4 Å². The number of benzene rings is 2. The van der Waals surface area contributed by atoms with E-state index in [-0.39, 0.29) is 30.0 Å². The molecule has 2 aromatic carbocycles. The molecular weight excluding hydrogens is 441 g/mol. The van der Waals surface area contributed by atoms with Crippen molar-refractivity contribution in [2.75, 3.05) is 25.0 Å². The molecular formula is C26H33ClFN3O2. The molecule has 1 saturated carbocycles. The summed E-state index contributed by atoms with van der Waals surface area (Å²) in [6.45, 7) is 4.24. The van der Waals surface area contributed by atoms with Crippen LogP contribution in [0.15, 0.2) is 48.5 Å². The van der Waals surface area contributed by atoms with Gasteiger partial charge in [0.05, 0.1) is 0 Å². The van der Waals surface area contributed by atoms with Crippen molar-refractivity contribution >= 4 is 29.9 Å². The average molecular weight is 474 g/mol. The molecule has 2 N–H and O–H groups in total. The fourth-order valence-electron chi connectivity index (χ4n) is 5.33. The van der Waals surface area contributed by atoms with Crippen molar-refractivity contribution in [3.05, 3.63) is 65.5 Å². The SMILES string of the molecule is CC(=O)c1cccc(NC(=O)NCCCN2C[C@H]3CC[C@H]2[C@H](Cc2ccc(F)cc2)C3)c1.Cl. The maximum atomic E-state index is 13.2. The largest absolute Gasteiger partial charge is 0.338 e. The lowest BCUT2D eigenvalue weighted by atomic mass is 9.70. The van der Waals surface area contributed by atoms with E-state index in [1.807, 2.05) is 12.1 Å². The van der Waals surface area contributed by atoms with Crippen LogP contribution in [0.5, 0.6) is 0 Å². The summed E-state index contributed by atoms with van der Waals surface area (Å²) in [4.78, 5) is 26.3. The molecule has 178 valence electrons. The molecule has 0 spiro atoms. The van der Waals surface area contributed by atoms with Crippen LogP contribution >= 0.6 is 12.4 Å².